The molecule has 7 nitrogen and oxygen atoms in total. The van der Waals surface area contributed by atoms with E-state index in [1.807, 2.05) is 17.8 Å². The summed E-state index contributed by atoms with van der Waals surface area (Å²) in [5, 5.41) is 0. The van der Waals surface area contributed by atoms with Crippen LogP contribution in [0, 0.1) is 0 Å². The number of aromatic nitrogens is 2. The highest BCUT2D eigenvalue weighted by Gasteiger charge is 2.46. The molecule has 25 heavy (non-hydrogen) atoms. The molecule has 0 spiro atoms. The van der Waals surface area contributed by atoms with Gasteiger partial charge in [0.05, 0.1) is 13.6 Å². The van der Waals surface area contributed by atoms with Gasteiger partial charge in [-0.15, -0.1) is 0 Å². The summed E-state index contributed by atoms with van der Waals surface area (Å²) in [4.78, 5) is 0. The minimum Gasteiger partial charge on any atom is -0.421 e. The number of nitrogens with zero attached hydrogens (tertiary/aromatic N) is 3. The average molecular weight is 437 g/mol. The lowest BCUT2D eigenvalue weighted by Gasteiger charge is -2.22. The molecule has 0 aliphatic rings. The normalized spacial score (nSPS) is 13.3. The van der Waals surface area contributed by atoms with Gasteiger partial charge in [0.2, 0.25) is 6.33 Å². The molecule has 16 heteroatoms. The van der Waals surface area contributed by atoms with Crippen molar-refractivity contribution >= 4 is 32.7 Å². The largest absolute Gasteiger partial charge is 0.480 e. The molecule has 0 N–H and O–H groups in total. The maximum Gasteiger partial charge on any atom is 0.480 e. The molecule has 0 aliphatic carbocycles. The van der Waals surface area contributed by atoms with Crippen molar-refractivity contribution < 1.29 is 47.7 Å². The Kier molecular flexibility index (Phi) is 8.25. The molecule has 0 amide bonds. The second-order valence-electron chi connectivity index (χ2n) is 4.31. The van der Waals surface area contributed by atoms with E-state index in [0.29, 0.717) is 0 Å². The molecule has 1 rings (SSSR count). The summed E-state index contributed by atoms with van der Waals surface area (Å²) < 4.78 is 113. The summed E-state index contributed by atoms with van der Waals surface area (Å²) in [7, 11) is -11.4. The highest BCUT2D eigenvalue weighted by Crippen LogP contribution is 2.36. The van der Waals surface area contributed by atoms with E-state index in [-0.39, 0.29) is 0 Å². The standard InChI is InChI=1S/C7H12N2S.C2F6NO4S2/c1-8-4-5-9(7-8)3-2-6-10;3-1(4,5)14(10,11)9-15(12,13)2(6,7)8/h4-5,7H,2-3,6H2,1H3;/q;-1/p+1. The summed E-state index contributed by atoms with van der Waals surface area (Å²) in [6, 6.07) is 0. The Balaban J connectivity index is 0.000000496. The summed E-state index contributed by atoms with van der Waals surface area (Å²) in [5.74, 6) is 0.960. The number of hydrogen-bond donors (Lipinski definition) is 1. The zero-order chi connectivity index (χ0) is 20.1. The molecule has 0 unspecified atom stereocenters. The minimum absolute atomic E-state index is 0.778. The van der Waals surface area contributed by atoms with Crippen LogP contribution in [0.15, 0.2) is 18.7 Å². The van der Waals surface area contributed by atoms with Crippen molar-refractivity contribution in [3.8, 4) is 0 Å². The van der Waals surface area contributed by atoms with Gasteiger partial charge in [-0.05, 0) is 12.2 Å². The van der Waals surface area contributed by atoms with Gasteiger partial charge in [0, 0.05) is 0 Å². The van der Waals surface area contributed by atoms with Crippen LogP contribution in [0.1, 0.15) is 6.42 Å². The monoisotopic (exact) mass is 437 g/mol. The van der Waals surface area contributed by atoms with Gasteiger partial charge in [-0.1, -0.05) is 0 Å². The Labute approximate surface area is 145 Å². The number of rotatable bonds is 5. The van der Waals surface area contributed by atoms with Crippen LogP contribution in [0.2, 0.25) is 0 Å². The first kappa shape index (κ1) is 24.0. The van der Waals surface area contributed by atoms with Gasteiger partial charge >= 0.3 is 11.0 Å². The molecule has 0 aromatic carbocycles. The highest BCUT2D eigenvalue weighted by molar-refractivity contribution is 8.13. The quantitative estimate of drug-likeness (QED) is 0.431. The van der Waals surface area contributed by atoms with Crippen LogP contribution in [0.3, 0.4) is 0 Å². The van der Waals surface area contributed by atoms with Gasteiger partial charge in [0.25, 0.3) is 0 Å². The highest BCUT2D eigenvalue weighted by atomic mass is 32.3. The lowest BCUT2D eigenvalue weighted by molar-refractivity contribution is -0.671. The summed E-state index contributed by atoms with van der Waals surface area (Å²) >= 11 is 4.14. The van der Waals surface area contributed by atoms with Gasteiger partial charge in [-0.25, -0.2) is 26.0 Å². The first-order valence-corrected chi connectivity index (χ1v) is 9.53. The maximum absolute atomic E-state index is 11.4. The van der Waals surface area contributed by atoms with Crippen LogP contribution >= 0.6 is 12.6 Å². The molecule has 1 aromatic rings. The average Bonchev–Trinajstić information content (AvgIpc) is 2.79. The zero-order valence-corrected chi connectivity index (χ0v) is 14.9. The van der Waals surface area contributed by atoms with E-state index >= 15 is 0 Å². The van der Waals surface area contributed by atoms with E-state index in [0.717, 1.165) is 22.8 Å². The molecule has 0 fully saturated rings. The molecule has 1 heterocycles. The number of alkyl halides is 6. The second kappa shape index (κ2) is 8.59. The van der Waals surface area contributed by atoms with Crippen LogP contribution in [-0.4, -0.2) is 38.2 Å². The minimum atomic E-state index is -6.72. The summed E-state index contributed by atoms with van der Waals surface area (Å²) in [6.45, 7) is 1.07. The molecular weight excluding hydrogens is 424 g/mol. The van der Waals surface area contributed by atoms with E-state index in [4.69, 9.17) is 0 Å². The van der Waals surface area contributed by atoms with Crippen LogP contribution in [-0.2, 0) is 33.6 Å². The Bertz CT molecular complexity index is 712. The zero-order valence-electron chi connectivity index (χ0n) is 12.4. The molecule has 0 saturated heterocycles. The third kappa shape index (κ3) is 7.83. The molecule has 148 valence electrons. The predicted octanol–water partition coefficient (Wildman–Crippen LogP) is 1.69. The SMILES string of the molecule is C[n+]1ccn(CCCS)c1.O=S(=O)([N-]S(=O)(=O)C(F)(F)F)C(F)(F)F. The Morgan fingerprint density at radius 1 is 1.04 bits per heavy atom. The smallest absolute Gasteiger partial charge is 0.421 e. The fourth-order valence-electron chi connectivity index (χ4n) is 1.10. The lowest BCUT2D eigenvalue weighted by Crippen LogP contribution is -2.30. The Hall–Kier alpha value is -1.00. The number of aryl methyl sites for hydroxylation is 2. The first-order chi connectivity index (χ1) is 11.0. The third-order valence-electron chi connectivity index (χ3n) is 2.18. The fourth-order valence-corrected chi connectivity index (χ4v) is 2.95. The first-order valence-electron chi connectivity index (χ1n) is 6.02. The van der Waals surface area contributed by atoms with E-state index < -0.39 is 31.1 Å². The number of imidazole rings is 1. The number of sulfonamides is 2. The summed E-state index contributed by atoms with van der Waals surface area (Å²) in [5.41, 5.74) is -12.4. The molecule has 0 bridgehead atoms. The van der Waals surface area contributed by atoms with E-state index in [1.54, 1.807) is 0 Å². The molecule has 0 radical (unpaired) electrons. The van der Waals surface area contributed by atoms with Gasteiger partial charge in [0.1, 0.15) is 12.4 Å². The van der Waals surface area contributed by atoms with Crippen molar-refractivity contribution in [3.05, 3.63) is 22.8 Å². The van der Waals surface area contributed by atoms with E-state index in [1.165, 1.54) is 0 Å². The lowest BCUT2D eigenvalue weighted by atomic mass is 10.5. The van der Waals surface area contributed by atoms with Gasteiger partial charge in [-0.2, -0.15) is 39.0 Å². The summed E-state index contributed by atoms with van der Waals surface area (Å²) in [6.07, 6.45) is 7.32. The molecule has 1 aromatic heterocycles. The van der Waals surface area contributed by atoms with Crippen LogP contribution in [0.5, 0.6) is 0 Å². The van der Waals surface area contributed by atoms with E-state index in [2.05, 4.69) is 29.7 Å². The predicted molar refractivity (Wildman–Crippen MR) is 77.4 cm³/mol. The van der Waals surface area contributed by atoms with Crippen molar-refractivity contribution in [2.24, 2.45) is 7.05 Å². The molecule has 0 atom stereocenters. The van der Waals surface area contributed by atoms with Crippen LogP contribution < -0.4 is 4.57 Å². The maximum atomic E-state index is 11.4. The Morgan fingerprint density at radius 3 is 1.76 bits per heavy atom. The Morgan fingerprint density at radius 2 is 1.48 bits per heavy atom. The van der Waals surface area contributed by atoms with Crippen molar-refractivity contribution in [3.63, 3.8) is 0 Å². The van der Waals surface area contributed by atoms with Crippen LogP contribution in [0.25, 0.3) is 4.13 Å². The number of thiol groups is 1. The van der Waals surface area contributed by atoms with Gasteiger partial charge in [-0.3, -0.25) is 0 Å². The van der Waals surface area contributed by atoms with Crippen molar-refractivity contribution in [1.29, 1.82) is 0 Å². The second-order valence-corrected chi connectivity index (χ2v) is 8.18. The number of halogens is 6. The van der Waals surface area contributed by atoms with Crippen molar-refractivity contribution in [1.82, 2.24) is 4.57 Å². The van der Waals surface area contributed by atoms with Crippen molar-refractivity contribution in [2.45, 2.75) is 24.0 Å². The molecular formula is C9H13F6N3O4S3. The van der Waals surface area contributed by atoms with Gasteiger partial charge < -0.3 is 4.13 Å². The van der Waals surface area contributed by atoms with E-state index in [9.17, 15) is 43.2 Å². The van der Waals surface area contributed by atoms with Gasteiger partial charge in [0.15, 0.2) is 20.0 Å². The molecule has 0 saturated carbocycles. The van der Waals surface area contributed by atoms with Crippen LogP contribution in [0.4, 0.5) is 26.3 Å². The van der Waals surface area contributed by atoms with Crippen molar-refractivity contribution in [2.75, 3.05) is 5.75 Å². The molecule has 0 aliphatic heterocycles. The topological polar surface area (TPSA) is 91.2 Å². The number of hydrogen-bond acceptors (Lipinski definition) is 5. The third-order valence-corrected chi connectivity index (χ3v) is 5.24. The fraction of sp³-hybridized carbons (Fsp3) is 0.667.